The Morgan fingerprint density at radius 1 is 1.23 bits per heavy atom. The number of nitrogens with zero attached hydrogens (tertiary/aromatic N) is 4. The molecule has 2 aliphatic heterocycles. The van der Waals surface area contributed by atoms with E-state index in [0.29, 0.717) is 24.1 Å². The zero-order chi connectivity index (χ0) is 21.1. The topological polar surface area (TPSA) is 60.2 Å². The summed E-state index contributed by atoms with van der Waals surface area (Å²) in [5, 5.41) is 9.20. The van der Waals surface area contributed by atoms with Gasteiger partial charge in [0.25, 0.3) is 0 Å². The third-order valence-electron chi connectivity index (χ3n) is 6.00. The van der Waals surface area contributed by atoms with Crippen LogP contribution in [0.5, 0.6) is 0 Å². The molecule has 7 heteroatoms. The Kier molecular flexibility index (Phi) is 6.24. The molecule has 0 saturated carbocycles. The first-order valence-corrected chi connectivity index (χ1v) is 11.4. The minimum atomic E-state index is -0.226. The molecule has 0 spiro atoms. The van der Waals surface area contributed by atoms with Gasteiger partial charge in [-0.3, -0.25) is 4.79 Å². The summed E-state index contributed by atoms with van der Waals surface area (Å²) in [6.07, 6.45) is 4.26. The first kappa shape index (κ1) is 20.7. The van der Waals surface area contributed by atoms with Crippen molar-refractivity contribution in [3.05, 3.63) is 59.5 Å². The molecular formula is C23H25FN4OS. The minimum Gasteiger partial charge on any atom is -0.347 e. The first-order valence-electron chi connectivity index (χ1n) is 10.3. The van der Waals surface area contributed by atoms with E-state index in [1.165, 1.54) is 12.1 Å². The molecule has 3 unspecified atom stereocenters. The molecule has 156 valence electrons. The average Bonchev–Trinajstić information content (AvgIpc) is 3.03. The lowest BCUT2D eigenvalue weighted by Gasteiger charge is -2.41. The molecule has 3 heterocycles. The number of hydrogen-bond donors (Lipinski definition) is 0. The monoisotopic (exact) mass is 424 g/mol. The maximum absolute atomic E-state index is 13.1. The predicted octanol–water partition coefficient (Wildman–Crippen LogP) is 4.16. The number of rotatable bonds is 6. The van der Waals surface area contributed by atoms with Gasteiger partial charge in [-0.1, -0.05) is 12.1 Å². The lowest BCUT2D eigenvalue weighted by atomic mass is 10.1. The van der Waals surface area contributed by atoms with Crippen molar-refractivity contribution < 1.29 is 9.18 Å². The van der Waals surface area contributed by atoms with Crippen molar-refractivity contribution in [2.24, 2.45) is 0 Å². The molecule has 2 aromatic rings. The van der Waals surface area contributed by atoms with E-state index in [4.69, 9.17) is 5.26 Å². The number of pyridine rings is 1. The standard InChI is InChI=1S/C23H25FN4OS/c1-16(18-3-5-19(24)6-4-18)30-11-10-23(29)27-14-20-7-8-21(15-27)28(20)22-9-2-17(12-25)13-26-22/h2-6,9,13,16,20-21H,7-8,10-11,14-15H2,1H3. The summed E-state index contributed by atoms with van der Waals surface area (Å²) in [6, 6.07) is 13.0. The highest BCUT2D eigenvalue weighted by Gasteiger charge is 2.41. The molecule has 2 aliphatic rings. The smallest absolute Gasteiger partial charge is 0.223 e. The second-order valence-electron chi connectivity index (χ2n) is 7.92. The summed E-state index contributed by atoms with van der Waals surface area (Å²) < 4.78 is 13.1. The Morgan fingerprint density at radius 2 is 1.93 bits per heavy atom. The van der Waals surface area contributed by atoms with Crippen LogP contribution in [0.3, 0.4) is 0 Å². The summed E-state index contributed by atoms with van der Waals surface area (Å²) in [5.41, 5.74) is 1.64. The van der Waals surface area contributed by atoms with Crippen LogP contribution in [0.4, 0.5) is 10.2 Å². The van der Waals surface area contributed by atoms with Crippen molar-refractivity contribution in [2.45, 2.75) is 43.5 Å². The summed E-state index contributed by atoms with van der Waals surface area (Å²) in [5.74, 6) is 1.64. The SMILES string of the molecule is CC(SCCC(=O)N1CC2CCC(C1)N2c1ccc(C#N)cn1)c1ccc(F)cc1. The van der Waals surface area contributed by atoms with Gasteiger partial charge >= 0.3 is 0 Å². The van der Waals surface area contributed by atoms with Crippen LogP contribution in [0.15, 0.2) is 42.6 Å². The minimum absolute atomic E-state index is 0.207. The molecule has 0 N–H and O–H groups in total. The van der Waals surface area contributed by atoms with E-state index in [0.717, 1.165) is 43.1 Å². The second-order valence-corrected chi connectivity index (χ2v) is 9.37. The van der Waals surface area contributed by atoms with Gasteiger partial charge in [-0.2, -0.15) is 17.0 Å². The molecule has 30 heavy (non-hydrogen) atoms. The van der Waals surface area contributed by atoms with Gasteiger partial charge in [0.1, 0.15) is 17.7 Å². The molecule has 2 bridgehead atoms. The summed E-state index contributed by atoms with van der Waals surface area (Å²) in [6.45, 7) is 3.55. The summed E-state index contributed by atoms with van der Waals surface area (Å²) in [7, 11) is 0. The Labute approximate surface area is 180 Å². The number of piperazine rings is 1. The molecule has 3 atom stereocenters. The second kappa shape index (κ2) is 9.05. The van der Waals surface area contributed by atoms with Crippen LogP contribution in [0.2, 0.25) is 0 Å². The average molecular weight is 425 g/mol. The lowest BCUT2D eigenvalue weighted by molar-refractivity contribution is -0.131. The van der Waals surface area contributed by atoms with Gasteiger partial charge in [-0.25, -0.2) is 9.37 Å². The fraction of sp³-hybridized carbons (Fsp3) is 0.435. The number of fused-ring (bicyclic) bond motifs is 2. The van der Waals surface area contributed by atoms with Crippen LogP contribution in [0, 0.1) is 17.1 Å². The highest BCUT2D eigenvalue weighted by Crippen LogP contribution is 2.34. The van der Waals surface area contributed by atoms with E-state index in [1.54, 1.807) is 24.0 Å². The van der Waals surface area contributed by atoms with Crippen LogP contribution in [0.1, 0.15) is 42.6 Å². The molecule has 0 aliphatic carbocycles. The fourth-order valence-corrected chi connectivity index (χ4v) is 5.39. The van der Waals surface area contributed by atoms with Crippen molar-refractivity contribution in [3.63, 3.8) is 0 Å². The van der Waals surface area contributed by atoms with Crippen molar-refractivity contribution >= 4 is 23.5 Å². The van der Waals surface area contributed by atoms with Crippen LogP contribution >= 0.6 is 11.8 Å². The van der Waals surface area contributed by atoms with Crippen molar-refractivity contribution in [2.75, 3.05) is 23.7 Å². The maximum Gasteiger partial charge on any atom is 0.223 e. The summed E-state index contributed by atoms with van der Waals surface area (Å²) >= 11 is 1.73. The Hall–Kier alpha value is -2.59. The predicted molar refractivity (Wildman–Crippen MR) is 117 cm³/mol. The van der Waals surface area contributed by atoms with E-state index in [2.05, 4.69) is 22.9 Å². The van der Waals surface area contributed by atoms with Crippen LogP contribution < -0.4 is 4.90 Å². The van der Waals surface area contributed by atoms with Crippen LogP contribution in [-0.2, 0) is 4.79 Å². The van der Waals surface area contributed by atoms with Gasteiger partial charge in [-0.15, -0.1) is 0 Å². The molecule has 2 fully saturated rings. The van der Waals surface area contributed by atoms with Crippen LogP contribution in [-0.4, -0.2) is 46.7 Å². The van der Waals surface area contributed by atoms with E-state index in [9.17, 15) is 9.18 Å². The molecule has 5 nitrogen and oxygen atoms in total. The molecule has 4 rings (SSSR count). The number of halogens is 1. The summed E-state index contributed by atoms with van der Waals surface area (Å²) in [4.78, 5) is 21.6. The lowest BCUT2D eigenvalue weighted by Crippen LogP contribution is -2.55. The normalized spacial score (nSPS) is 21.4. The molecular weight excluding hydrogens is 399 g/mol. The number of anilines is 1. The molecule has 1 aromatic heterocycles. The van der Waals surface area contributed by atoms with Gasteiger partial charge < -0.3 is 9.80 Å². The number of carbonyl (C=O) groups is 1. The van der Waals surface area contributed by atoms with Gasteiger partial charge in [0.15, 0.2) is 0 Å². The van der Waals surface area contributed by atoms with Gasteiger partial charge in [0.05, 0.1) is 5.56 Å². The third-order valence-corrected chi connectivity index (χ3v) is 7.21. The fourth-order valence-electron chi connectivity index (χ4n) is 4.40. The van der Waals surface area contributed by atoms with E-state index < -0.39 is 0 Å². The van der Waals surface area contributed by atoms with Crippen LogP contribution in [0.25, 0.3) is 0 Å². The Morgan fingerprint density at radius 3 is 2.53 bits per heavy atom. The van der Waals surface area contributed by atoms with E-state index in [-0.39, 0.29) is 17.0 Å². The number of carbonyl (C=O) groups excluding carboxylic acids is 1. The number of nitriles is 1. The number of hydrogen-bond acceptors (Lipinski definition) is 5. The van der Waals surface area contributed by atoms with Crippen molar-refractivity contribution in [1.29, 1.82) is 5.26 Å². The number of thioether (sulfide) groups is 1. The van der Waals surface area contributed by atoms with Crippen molar-refractivity contribution in [1.82, 2.24) is 9.88 Å². The molecule has 1 aromatic carbocycles. The Bertz CT molecular complexity index is 914. The molecule has 2 saturated heterocycles. The number of aromatic nitrogens is 1. The van der Waals surface area contributed by atoms with Gasteiger partial charge in [0.2, 0.25) is 5.91 Å². The zero-order valence-electron chi connectivity index (χ0n) is 17.0. The molecule has 1 amide bonds. The quantitative estimate of drug-likeness (QED) is 0.697. The first-order chi connectivity index (χ1) is 14.5. The highest BCUT2D eigenvalue weighted by atomic mass is 32.2. The van der Waals surface area contributed by atoms with Gasteiger partial charge in [0, 0.05) is 48.8 Å². The number of benzene rings is 1. The van der Waals surface area contributed by atoms with Crippen molar-refractivity contribution in [3.8, 4) is 6.07 Å². The maximum atomic E-state index is 13.1. The largest absolute Gasteiger partial charge is 0.347 e. The zero-order valence-corrected chi connectivity index (χ0v) is 17.8. The highest BCUT2D eigenvalue weighted by molar-refractivity contribution is 7.99. The third kappa shape index (κ3) is 4.44. The van der Waals surface area contributed by atoms with E-state index in [1.807, 2.05) is 23.1 Å². The Balaban J connectivity index is 1.29. The molecule has 0 radical (unpaired) electrons. The number of amides is 1. The van der Waals surface area contributed by atoms with E-state index >= 15 is 0 Å². The van der Waals surface area contributed by atoms with Gasteiger partial charge in [-0.05, 0) is 49.6 Å². The number of likely N-dealkylation sites (tertiary alicyclic amines) is 1.